The highest BCUT2D eigenvalue weighted by Crippen LogP contribution is 2.24. The van der Waals surface area contributed by atoms with Crippen LogP contribution in [-0.4, -0.2) is 33.5 Å². The van der Waals surface area contributed by atoms with Crippen LogP contribution in [0.2, 0.25) is 0 Å². The standard InChI is InChI=1S/C20H19N3O4S/c1-23(16-9-4-3-5-10-16)28(25,26)17-11-6-8-15(14-17)20(24)22-19-18(27-2)12-7-13-21-19/h3-14H,1-2H3,(H,21,22,24). The summed E-state index contributed by atoms with van der Waals surface area (Å²) in [5.41, 5.74) is 0.714. The molecule has 0 spiro atoms. The number of carbonyl (C=O) groups excluding carboxylic acids is 1. The van der Waals surface area contributed by atoms with E-state index in [1.165, 1.54) is 48.9 Å². The Hall–Kier alpha value is -3.39. The first-order valence-corrected chi connectivity index (χ1v) is 9.82. The van der Waals surface area contributed by atoms with Gasteiger partial charge in [-0.2, -0.15) is 0 Å². The van der Waals surface area contributed by atoms with Gasteiger partial charge in [0.15, 0.2) is 11.6 Å². The number of sulfonamides is 1. The number of methoxy groups -OCH3 is 1. The summed E-state index contributed by atoms with van der Waals surface area (Å²) in [5, 5.41) is 2.63. The van der Waals surface area contributed by atoms with Gasteiger partial charge in [0.1, 0.15) is 0 Å². The third kappa shape index (κ3) is 3.96. The number of nitrogens with one attached hydrogen (secondary N) is 1. The van der Waals surface area contributed by atoms with E-state index in [2.05, 4.69) is 10.3 Å². The molecule has 3 rings (SSSR count). The van der Waals surface area contributed by atoms with Gasteiger partial charge in [0.2, 0.25) is 0 Å². The van der Waals surface area contributed by atoms with E-state index in [-0.39, 0.29) is 16.3 Å². The van der Waals surface area contributed by atoms with Crippen molar-refractivity contribution in [2.45, 2.75) is 4.90 Å². The van der Waals surface area contributed by atoms with Crippen molar-refractivity contribution < 1.29 is 17.9 Å². The minimum absolute atomic E-state index is 0.0134. The summed E-state index contributed by atoms with van der Waals surface area (Å²) in [7, 11) is -0.881. The van der Waals surface area contributed by atoms with Gasteiger partial charge in [0.05, 0.1) is 17.7 Å². The average Bonchev–Trinajstić information content (AvgIpc) is 2.74. The number of amides is 1. The van der Waals surface area contributed by atoms with Crippen LogP contribution < -0.4 is 14.4 Å². The van der Waals surface area contributed by atoms with E-state index in [0.717, 1.165) is 0 Å². The Morgan fingerprint density at radius 1 is 1.04 bits per heavy atom. The summed E-state index contributed by atoms with van der Waals surface area (Å²) < 4.78 is 32.2. The summed E-state index contributed by atoms with van der Waals surface area (Å²) in [6.45, 7) is 0. The summed E-state index contributed by atoms with van der Waals surface area (Å²) in [4.78, 5) is 16.7. The molecule has 1 amide bonds. The van der Waals surface area contributed by atoms with Crippen LogP contribution in [0.5, 0.6) is 5.75 Å². The van der Waals surface area contributed by atoms with E-state index in [0.29, 0.717) is 11.4 Å². The number of nitrogens with zero attached hydrogens (tertiary/aromatic N) is 2. The molecule has 1 aromatic heterocycles. The monoisotopic (exact) mass is 397 g/mol. The second kappa shape index (κ2) is 8.10. The zero-order valence-corrected chi connectivity index (χ0v) is 16.2. The Balaban J connectivity index is 1.88. The van der Waals surface area contributed by atoms with Crippen LogP contribution in [0.1, 0.15) is 10.4 Å². The molecule has 8 heteroatoms. The van der Waals surface area contributed by atoms with Gasteiger partial charge in [-0.1, -0.05) is 24.3 Å². The molecular weight excluding hydrogens is 378 g/mol. The summed E-state index contributed by atoms with van der Waals surface area (Å²) in [6, 6.07) is 17.9. The number of benzene rings is 2. The van der Waals surface area contributed by atoms with E-state index in [1.54, 1.807) is 42.5 Å². The lowest BCUT2D eigenvalue weighted by atomic mass is 10.2. The molecule has 1 heterocycles. The van der Waals surface area contributed by atoms with E-state index in [9.17, 15) is 13.2 Å². The number of anilines is 2. The third-order valence-corrected chi connectivity index (χ3v) is 5.88. The van der Waals surface area contributed by atoms with Gasteiger partial charge in [-0.25, -0.2) is 13.4 Å². The van der Waals surface area contributed by atoms with Crippen molar-refractivity contribution in [1.29, 1.82) is 0 Å². The lowest BCUT2D eigenvalue weighted by Gasteiger charge is -2.19. The van der Waals surface area contributed by atoms with Crippen molar-refractivity contribution in [3.05, 3.63) is 78.5 Å². The second-order valence-electron chi connectivity index (χ2n) is 5.84. The second-order valence-corrected chi connectivity index (χ2v) is 7.81. The maximum absolute atomic E-state index is 12.9. The van der Waals surface area contributed by atoms with Gasteiger partial charge in [-0.05, 0) is 42.5 Å². The SMILES string of the molecule is COc1cccnc1NC(=O)c1cccc(S(=O)(=O)N(C)c2ccccc2)c1. The van der Waals surface area contributed by atoms with Crippen molar-refractivity contribution in [3.63, 3.8) is 0 Å². The van der Waals surface area contributed by atoms with Gasteiger partial charge < -0.3 is 10.1 Å². The fourth-order valence-electron chi connectivity index (χ4n) is 2.56. The molecule has 0 fully saturated rings. The largest absolute Gasteiger partial charge is 0.493 e. The van der Waals surface area contributed by atoms with Gasteiger partial charge in [0, 0.05) is 18.8 Å². The van der Waals surface area contributed by atoms with Crippen LogP contribution in [0, 0.1) is 0 Å². The fraction of sp³-hybridized carbons (Fsp3) is 0.100. The van der Waals surface area contributed by atoms with Crippen LogP contribution in [0.4, 0.5) is 11.5 Å². The Morgan fingerprint density at radius 3 is 2.50 bits per heavy atom. The number of carbonyl (C=O) groups is 1. The normalized spacial score (nSPS) is 10.9. The predicted octanol–water partition coefficient (Wildman–Crippen LogP) is 3.17. The molecule has 0 saturated carbocycles. The molecule has 0 saturated heterocycles. The molecule has 7 nitrogen and oxygen atoms in total. The number of ether oxygens (including phenoxy) is 1. The van der Waals surface area contributed by atoms with Crippen molar-refractivity contribution in [2.24, 2.45) is 0 Å². The molecule has 144 valence electrons. The van der Waals surface area contributed by atoms with Crippen molar-refractivity contribution in [1.82, 2.24) is 4.98 Å². The van der Waals surface area contributed by atoms with Gasteiger partial charge >= 0.3 is 0 Å². The van der Waals surface area contributed by atoms with Crippen LogP contribution in [0.3, 0.4) is 0 Å². The molecule has 0 radical (unpaired) electrons. The first kappa shape index (κ1) is 19.4. The number of rotatable bonds is 6. The number of hydrogen-bond acceptors (Lipinski definition) is 5. The average molecular weight is 397 g/mol. The summed E-state index contributed by atoms with van der Waals surface area (Å²) in [6.07, 6.45) is 1.52. The molecule has 28 heavy (non-hydrogen) atoms. The van der Waals surface area contributed by atoms with E-state index >= 15 is 0 Å². The number of hydrogen-bond donors (Lipinski definition) is 1. The summed E-state index contributed by atoms with van der Waals surface area (Å²) in [5.74, 6) is 0.171. The molecule has 0 atom stereocenters. The quantitative estimate of drug-likeness (QED) is 0.690. The maximum Gasteiger partial charge on any atom is 0.264 e. The third-order valence-electron chi connectivity index (χ3n) is 4.10. The van der Waals surface area contributed by atoms with Crippen LogP contribution in [-0.2, 0) is 10.0 Å². The molecule has 0 aliphatic heterocycles. The van der Waals surface area contributed by atoms with E-state index < -0.39 is 15.9 Å². The highest BCUT2D eigenvalue weighted by atomic mass is 32.2. The Morgan fingerprint density at radius 2 is 1.79 bits per heavy atom. The predicted molar refractivity (Wildman–Crippen MR) is 107 cm³/mol. The first-order chi connectivity index (χ1) is 13.4. The van der Waals surface area contributed by atoms with Crippen molar-refractivity contribution >= 4 is 27.4 Å². The Labute approximate surface area is 163 Å². The molecule has 3 aromatic rings. The van der Waals surface area contributed by atoms with Gasteiger partial charge in [-0.15, -0.1) is 0 Å². The molecule has 1 N–H and O–H groups in total. The number of para-hydroxylation sites is 1. The highest BCUT2D eigenvalue weighted by Gasteiger charge is 2.22. The minimum atomic E-state index is -3.82. The fourth-order valence-corrected chi connectivity index (χ4v) is 3.80. The molecule has 2 aromatic carbocycles. The smallest absolute Gasteiger partial charge is 0.264 e. The van der Waals surface area contributed by atoms with Crippen molar-refractivity contribution in [3.8, 4) is 5.75 Å². The highest BCUT2D eigenvalue weighted by molar-refractivity contribution is 7.92. The van der Waals surface area contributed by atoms with Gasteiger partial charge in [0.25, 0.3) is 15.9 Å². The lowest BCUT2D eigenvalue weighted by Crippen LogP contribution is -2.26. The van der Waals surface area contributed by atoms with Crippen molar-refractivity contribution in [2.75, 3.05) is 23.8 Å². The van der Waals surface area contributed by atoms with Gasteiger partial charge in [-0.3, -0.25) is 9.10 Å². The minimum Gasteiger partial charge on any atom is -0.493 e. The molecule has 0 bridgehead atoms. The lowest BCUT2D eigenvalue weighted by molar-refractivity contribution is 0.102. The van der Waals surface area contributed by atoms with E-state index in [4.69, 9.17) is 4.74 Å². The van der Waals surface area contributed by atoms with E-state index in [1.807, 2.05) is 0 Å². The Kier molecular flexibility index (Phi) is 5.60. The summed E-state index contributed by atoms with van der Waals surface area (Å²) >= 11 is 0. The number of pyridine rings is 1. The Bertz CT molecular complexity index is 1090. The topological polar surface area (TPSA) is 88.6 Å². The zero-order chi connectivity index (χ0) is 20.1. The number of aromatic nitrogens is 1. The molecule has 0 aliphatic carbocycles. The van der Waals surface area contributed by atoms with Crippen LogP contribution in [0.15, 0.2) is 77.8 Å². The maximum atomic E-state index is 12.9. The zero-order valence-electron chi connectivity index (χ0n) is 15.4. The molecule has 0 aliphatic rings. The van der Waals surface area contributed by atoms with Crippen LogP contribution in [0.25, 0.3) is 0 Å². The molecule has 0 unspecified atom stereocenters. The first-order valence-electron chi connectivity index (χ1n) is 8.38. The molecular formula is C20H19N3O4S. The van der Waals surface area contributed by atoms with Crippen LogP contribution >= 0.6 is 0 Å².